The first-order chi connectivity index (χ1) is 8.61. The van der Waals surface area contributed by atoms with Crippen molar-refractivity contribution in [3.63, 3.8) is 0 Å². The number of rotatable bonds is 4. The van der Waals surface area contributed by atoms with Gasteiger partial charge in [-0.05, 0) is 38.5 Å². The van der Waals surface area contributed by atoms with Crippen LogP contribution in [-0.4, -0.2) is 11.6 Å². The minimum atomic E-state index is -0.240. The van der Waals surface area contributed by atoms with Crippen LogP contribution in [0.5, 0.6) is 5.75 Å². The molecule has 1 unspecified atom stereocenters. The molecule has 0 spiro atoms. The van der Waals surface area contributed by atoms with Gasteiger partial charge in [0, 0.05) is 11.8 Å². The number of ether oxygens (including phenoxy) is 1. The maximum Gasteiger partial charge on any atom is 0.137 e. The molecular weight excluding hydrogens is 228 g/mol. The molecule has 4 heteroatoms. The van der Waals surface area contributed by atoms with Crippen LogP contribution in [0, 0.1) is 13.8 Å². The van der Waals surface area contributed by atoms with Crippen molar-refractivity contribution in [2.45, 2.75) is 26.8 Å². The third-order valence-corrected chi connectivity index (χ3v) is 2.82. The molecular formula is C14H18N2O2. The van der Waals surface area contributed by atoms with Crippen LogP contribution >= 0.6 is 0 Å². The largest absolute Gasteiger partial charge is 0.492 e. The highest BCUT2D eigenvalue weighted by molar-refractivity contribution is 5.35. The Bertz CT molecular complexity index is 534. The van der Waals surface area contributed by atoms with Crippen molar-refractivity contribution < 1.29 is 9.15 Å². The fraction of sp³-hybridized carbons (Fsp3) is 0.357. The van der Waals surface area contributed by atoms with Crippen LogP contribution in [0.1, 0.15) is 35.6 Å². The zero-order valence-electron chi connectivity index (χ0n) is 10.9. The molecule has 0 saturated heterocycles. The quantitative estimate of drug-likeness (QED) is 0.901. The molecule has 0 radical (unpaired) electrons. The van der Waals surface area contributed by atoms with Gasteiger partial charge in [0.2, 0.25) is 0 Å². The van der Waals surface area contributed by atoms with Gasteiger partial charge in [-0.1, -0.05) is 0 Å². The molecule has 2 N–H and O–H groups in total. The van der Waals surface area contributed by atoms with Crippen molar-refractivity contribution in [3.8, 4) is 5.75 Å². The lowest BCUT2D eigenvalue weighted by atomic mass is 10.0. The number of hydrogen-bond acceptors (Lipinski definition) is 4. The highest BCUT2D eigenvalue weighted by Gasteiger charge is 2.16. The van der Waals surface area contributed by atoms with Crippen LogP contribution in [0.25, 0.3) is 0 Å². The van der Waals surface area contributed by atoms with Crippen molar-refractivity contribution >= 4 is 0 Å². The molecule has 0 aliphatic carbocycles. The zero-order chi connectivity index (χ0) is 13.1. The number of aromatic nitrogens is 1. The Kier molecular flexibility index (Phi) is 3.67. The van der Waals surface area contributed by atoms with Gasteiger partial charge in [0.05, 0.1) is 18.8 Å². The fourth-order valence-electron chi connectivity index (χ4n) is 1.99. The van der Waals surface area contributed by atoms with E-state index in [1.807, 2.05) is 32.9 Å². The summed E-state index contributed by atoms with van der Waals surface area (Å²) < 4.78 is 10.9. The molecule has 0 aliphatic rings. The fourth-order valence-corrected chi connectivity index (χ4v) is 1.99. The molecule has 2 aromatic heterocycles. The van der Waals surface area contributed by atoms with Gasteiger partial charge in [0.25, 0.3) is 0 Å². The summed E-state index contributed by atoms with van der Waals surface area (Å²) in [6.07, 6.45) is 3.45. The topological polar surface area (TPSA) is 61.3 Å². The monoisotopic (exact) mass is 246 g/mol. The Morgan fingerprint density at radius 3 is 2.72 bits per heavy atom. The number of pyridine rings is 1. The average Bonchev–Trinajstić information content (AvgIpc) is 2.68. The molecule has 2 rings (SSSR count). The van der Waals surface area contributed by atoms with Crippen LogP contribution in [-0.2, 0) is 0 Å². The summed E-state index contributed by atoms with van der Waals surface area (Å²) in [5.41, 5.74) is 8.15. The molecule has 0 fully saturated rings. The first-order valence-electron chi connectivity index (χ1n) is 6.02. The van der Waals surface area contributed by atoms with E-state index in [-0.39, 0.29) is 6.04 Å². The van der Waals surface area contributed by atoms with E-state index in [1.54, 1.807) is 12.4 Å². The van der Waals surface area contributed by atoms with E-state index >= 15 is 0 Å². The number of furan rings is 1. The van der Waals surface area contributed by atoms with Gasteiger partial charge in [-0.3, -0.25) is 4.98 Å². The van der Waals surface area contributed by atoms with E-state index < -0.39 is 0 Å². The lowest BCUT2D eigenvalue weighted by Gasteiger charge is -2.12. The zero-order valence-corrected chi connectivity index (χ0v) is 10.9. The summed E-state index contributed by atoms with van der Waals surface area (Å²) >= 11 is 0. The first-order valence-corrected chi connectivity index (χ1v) is 6.02. The molecule has 18 heavy (non-hydrogen) atoms. The molecule has 2 aromatic rings. The van der Waals surface area contributed by atoms with E-state index in [0.29, 0.717) is 6.61 Å². The maximum atomic E-state index is 6.24. The summed E-state index contributed by atoms with van der Waals surface area (Å²) in [4.78, 5) is 4.15. The van der Waals surface area contributed by atoms with E-state index in [1.165, 1.54) is 0 Å². The van der Waals surface area contributed by atoms with E-state index in [9.17, 15) is 0 Å². The Balaban J connectivity index is 2.30. The third-order valence-electron chi connectivity index (χ3n) is 2.82. The average molecular weight is 246 g/mol. The van der Waals surface area contributed by atoms with Crippen LogP contribution in [0.15, 0.2) is 28.9 Å². The highest BCUT2D eigenvalue weighted by Crippen LogP contribution is 2.26. The number of hydrogen-bond donors (Lipinski definition) is 1. The van der Waals surface area contributed by atoms with Gasteiger partial charge in [-0.2, -0.15) is 0 Å². The normalized spacial score (nSPS) is 12.4. The van der Waals surface area contributed by atoms with Gasteiger partial charge in [-0.25, -0.2) is 0 Å². The van der Waals surface area contributed by atoms with Gasteiger partial charge >= 0.3 is 0 Å². The molecule has 0 aliphatic heterocycles. The molecule has 0 aromatic carbocycles. The van der Waals surface area contributed by atoms with Crippen LogP contribution in [0.4, 0.5) is 0 Å². The number of nitrogens with zero attached hydrogens (tertiary/aromatic N) is 1. The van der Waals surface area contributed by atoms with Crippen molar-refractivity contribution in [1.82, 2.24) is 4.98 Å². The Labute approximate surface area is 107 Å². The smallest absolute Gasteiger partial charge is 0.137 e. The maximum absolute atomic E-state index is 6.24. The van der Waals surface area contributed by atoms with E-state index in [4.69, 9.17) is 14.9 Å². The predicted octanol–water partition coefficient (Wildman–Crippen LogP) is 2.74. The van der Waals surface area contributed by atoms with E-state index in [2.05, 4.69) is 4.98 Å². The number of nitrogens with two attached hydrogens (primary N) is 1. The van der Waals surface area contributed by atoms with Crippen molar-refractivity contribution in [1.29, 1.82) is 0 Å². The summed E-state index contributed by atoms with van der Waals surface area (Å²) in [5, 5.41) is 0. The van der Waals surface area contributed by atoms with Crippen molar-refractivity contribution in [2.24, 2.45) is 5.73 Å². The predicted molar refractivity (Wildman–Crippen MR) is 69.6 cm³/mol. The van der Waals surface area contributed by atoms with Crippen LogP contribution in [0.2, 0.25) is 0 Å². The molecule has 0 amide bonds. The lowest BCUT2D eigenvalue weighted by molar-refractivity contribution is 0.338. The van der Waals surface area contributed by atoms with Crippen LogP contribution in [0.3, 0.4) is 0 Å². The van der Waals surface area contributed by atoms with Gasteiger partial charge in [0.1, 0.15) is 17.3 Å². The molecule has 96 valence electrons. The molecule has 4 nitrogen and oxygen atoms in total. The molecule has 1 atom stereocenters. The van der Waals surface area contributed by atoms with Crippen LogP contribution < -0.4 is 10.5 Å². The summed E-state index contributed by atoms with van der Waals surface area (Å²) in [5.74, 6) is 2.46. The van der Waals surface area contributed by atoms with Crippen molar-refractivity contribution in [2.75, 3.05) is 6.61 Å². The second kappa shape index (κ2) is 5.23. The Hall–Kier alpha value is -1.81. The summed E-state index contributed by atoms with van der Waals surface area (Å²) in [7, 11) is 0. The van der Waals surface area contributed by atoms with Gasteiger partial charge in [0.15, 0.2) is 0 Å². The first kappa shape index (κ1) is 12.6. The third kappa shape index (κ3) is 2.54. The SMILES string of the molecule is CCOc1cncc(C(N)c2cc(C)oc2C)c1. The summed E-state index contributed by atoms with van der Waals surface area (Å²) in [6, 6.07) is 3.64. The second-order valence-corrected chi connectivity index (χ2v) is 4.23. The number of aryl methyl sites for hydroxylation is 2. The molecule has 2 heterocycles. The standard InChI is InChI=1S/C14H18N2O2/c1-4-17-12-6-11(7-16-8-12)14(15)13-5-9(2)18-10(13)3/h5-8,14H,4,15H2,1-3H3. The second-order valence-electron chi connectivity index (χ2n) is 4.23. The molecule has 0 saturated carbocycles. The highest BCUT2D eigenvalue weighted by atomic mass is 16.5. The minimum absolute atomic E-state index is 0.240. The Morgan fingerprint density at radius 2 is 2.11 bits per heavy atom. The lowest BCUT2D eigenvalue weighted by Crippen LogP contribution is -2.12. The van der Waals surface area contributed by atoms with E-state index in [0.717, 1.165) is 28.4 Å². The minimum Gasteiger partial charge on any atom is -0.492 e. The molecule has 0 bridgehead atoms. The Morgan fingerprint density at radius 1 is 1.33 bits per heavy atom. The van der Waals surface area contributed by atoms with Gasteiger partial charge in [-0.15, -0.1) is 0 Å². The van der Waals surface area contributed by atoms with Crippen molar-refractivity contribution in [3.05, 3.63) is 47.2 Å². The summed E-state index contributed by atoms with van der Waals surface area (Å²) in [6.45, 7) is 6.39. The van der Waals surface area contributed by atoms with Gasteiger partial charge < -0.3 is 14.9 Å².